The molecule has 1 aromatic heterocycles. The summed E-state index contributed by atoms with van der Waals surface area (Å²) in [5, 5.41) is 12.6. The monoisotopic (exact) mass is 418 g/mol. The first-order valence-electron chi connectivity index (χ1n) is 9.20. The average Bonchev–Trinajstić information content (AvgIpc) is 3.40. The number of primary sulfonamides is 1. The number of hydrogen-bond donors (Lipinski definition) is 4. The van der Waals surface area contributed by atoms with E-state index in [1.54, 1.807) is 11.1 Å². The van der Waals surface area contributed by atoms with Crippen LogP contribution < -0.4 is 21.2 Å². The zero-order chi connectivity index (χ0) is 20.7. The van der Waals surface area contributed by atoms with E-state index >= 15 is 0 Å². The number of nitrogens with two attached hydrogens (primary N) is 1. The summed E-state index contributed by atoms with van der Waals surface area (Å²) in [4.78, 5) is 3.24. The molecule has 4 aromatic rings. The highest BCUT2D eigenvalue weighted by atomic mass is 32.2. The van der Waals surface area contributed by atoms with Gasteiger partial charge in [0.05, 0.1) is 10.6 Å². The summed E-state index contributed by atoms with van der Waals surface area (Å²) in [6.07, 6.45) is 1.86. The maximum Gasteiger partial charge on any atom is 0.238 e. The molecule has 30 heavy (non-hydrogen) atoms. The van der Waals surface area contributed by atoms with Gasteiger partial charge in [-0.1, -0.05) is 48.5 Å². The van der Waals surface area contributed by atoms with Crippen molar-refractivity contribution in [3.63, 3.8) is 0 Å². The minimum atomic E-state index is -4.02. The molecule has 3 aromatic carbocycles. The number of fused-ring (bicyclic) bond motifs is 1. The number of nitrogens with one attached hydrogen (secondary N) is 3. The fraction of sp³-hybridized carbons (Fsp3) is 0. The van der Waals surface area contributed by atoms with Gasteiger partial charge in [0.15, 0.2) is 5.84 Å². The minimum absolute atomic E-state index is 0.00420. The summed E-state index contributed by atoms with van der Waals surface area (Å²) in [5.74, 6) is 0.395. The second-order valence-corrected chi connectivity index (χ2v) is 8.33. The smallest absolute Gasteiger partial charge is 0.238 e. The first-order chi connectivity index (χ1) is 14.5. The lowest BCUT2D eigenvalue weighted by Gasteiger charge is -2.22. The van der Waals surface area contributed by atoms with Crippen molar-refractivity contribution in [2.24, 2.45) is 10.2 Å². The van der Waals surface area contributed by atoms with Crippen LogP contribution in [0.5, 0.6) is 0 Å². The lowest BCUT2D eigenvalue weighted by atomic mass is 9.98. The number of hydrazone groups is 1. The molecule has 5 rings (SSSR count). The van der Waals surface area contributed by atoms with Crippen LogP contribution in [0.2, 0.25) is 0 Å². The Morgan fingerprint density at radius 2 is 1.63 bits per heavy atom. The summed E-state index contributed by atoms with van der Waals surface area (Å²) in [6.45, 7) is 0. The van der Waals surface area contributed by atoms with Crippen LogP contribution in [-0.4, -0.2) is 19.2 Å². The second kappa shape index (κ2) is 6.99. The van der Waals surface area contributed by atoms with Crippen molar-refractivity contribution in [2.75, 3.05) is 5.01 Å². The number of anilines is 1. The third-order valence-corrected chi connectivity index (χ3v) is 5.94. The fourth-order valence-electron chi connectivity index (χ4n) is 3.68. The molecule has 0 spiro atoms. The summed E-state index contributed by atoms with van der Waals surface area (Å²) >= 11 is 0. The second-order valence-electron chi connectivity index (χ2n) is 6.80. The van der Waals surface area contributed by atoms with Crippen LogP contribution in [0.15, 0.2) is 89.0 Å². The topological polar surface area (TPSA) is 116 Å². The molecule has 0 atom stereocenters. The van der Waals surface area contributed by atoms with Gasteiger partial charge in [-0.05, 0) is 29.8 Å². The van der Waals surface area contributed by atoms with Gasteiger partial charge in [0.25, 0.3) is 0 Å². The number of para-hydroxylation sites is 2. The highest BCUT2D eigenvalue weighted by molar-refractivity contribution is 7.89. The summed E-state index contributed by atoms with van der Waals surface area (Å²) in [5.41, 5.74) is 9.37. The Morgan fingerprint density at radius 3 is 2.43 bits per heavy atom. The van der Waals surface area contributed by atoms with Gasteiger partial charge in [0.2, 0.25) is 10.0 Å². The van der Waals surface area contributed by atoms with Crippen LogP contribution in [0.25, 0.3) is 22.0 Å². The van der Waals surface area contributed by atoms with E-state index in [9.17, 15) is 8.42 Å². The van der Waals surface area contributed by atoms with Gasteiger partial charge in [0.1, 0.15) is 0 Å². The number of hydrazine groups is 2. The third-order valence-electron chi connectivity index (χ3n) is 4.99. The van der Waals surface area contributed by atoms with Gasteiger partial charge in [-0.2, -0.15) is 0 Å². The van der Waals surface area contributed by atoms with Gasteiger partial charge in [-0.15, -0.1) is 10.6 Å². The Bertz CT molecular complexity index is 1380. The molecule has 0 bridgehead atoms. The highest BCUT2D eigenvalue weighted by Gasteiger charge is 2.30. The van der Waals surface area contributed by atoms with Gasteiger partial charge >= 0.3 is 0 Å². The standard InChI is InChI=1S/C21H18N6O2S/c22-30(28,29)19-12-6-10-16(17-13-23-18-11-5-4-9-15(17)18)20(19)21-24-25-26-27(21)14-7-2-1-3-8-14/h1-13,23,25-26H,(H2,22,28,29). The van der Waals surface area contributed by atoms with Crippen molar-refractivity contribution in [1.82, 2.24) is 16.1 Å². The van der Waals surface area contributed by atoms with Crippen molar-refractivity contribution < 1.29 is 8.42 Å². The molecule has 1 aliphatic rings. The van der Waals surface area contributed by atoms with E-state index < -0.39 is 10.0 Å². The minimum Gasteiger partial charge on any atom is -0.361 e. The molecule has 150 valence electrons. The molecule has 5 N–H and O–H groups in total. The number of amidine groups is 1. The van der Waals surface area contributed by atoms with Crippen molar-refractivity contribution >= 4 is 32.4 Å². The van der Waals surface area contributed by atoms with Crippen molar-refractivity contribution in [1.29, 1.82) is 0 Å². The lowest BCUT2D eigenvalue weighted by Crippen LogP contribution is -2.42. The van der Waals surface area contributed by atoms with Gasteiger partial charge in [-0.3, -0.25) is 0 Å². The maximum atomic E-state index is 12.5. The molecule has 0 radical (unpaired) electrons. The van der Waals surface area contributed by atoms with Crippen molar-refractivity contribution in [3.05, 3.63) is 84.6 Å². The Morgan fingerprint density at radius 1 is 0.867 bits per heavy atom. The molecule has 8 nitrogen and oxygen atoms in total. The first-order valence-corrected chi connectivity index (χ1v) is 10.7. The summed E-state index contributed by atoms with van der Waals surface area (Å²) in [6, 6.07) is 22.3. The first kappa shape index (κ1) is 18.4. The van der Waals surface area contributed by atoms with Crippen LogP contribution in [0.3, 0.4) is 0 Å². The van der Waals surface area contributed by atoms with Gasteiger partial charge in [-0.25, -0.2) is 24.1 Å². The van der Waals surface area contributed by atoms with E-state index in [-0.39, 0.29) is 4.90 Å². The molecule has 0 saturated heterocycles. The average molecular weight is 418 g/mol. The number of benzene rings is 3. The molecular formula is C21H18N6O2S. The molecule has 1 aliphatic heterocycles. The van der Waals surface area contributed by atoms with E-state index in [0.29, 0.717) is 17.0 Å². The third kappa shape index (κ3) is 3.01. The zero-order valence-corrected chi connectivity index (χ0v) is 16.5. The van der Waals surface area contributed by atoms with Crippen LogP contribution >= 0.6 is 0 Å². The SMILES string of the molecule is NS(=O)(=O)c1cccc(-c2c[nH]c3ccccc23)c1C1=NNNN1c1ccccc1. The Labute approximate surface area is 173 Å². The van der Waals surface area contributed by atoms with Crippen molar-refractivity contribution in [2.45, 2.75) is 4.90 Å². The predicted molar refractivity (Wildman–Crippen MR) is 117 cm³/mol. The maximum absolute atomic E-state index is 12.5. The molecule has 2 heterocycles. The Balaban J connectivity index is 1.79. The van der Waals surface area contributed by atoms with E-state index in [1.807, 2.05) is 66.9 Å². The Hall–Kier alpha value is -3.66. The van der Waals surface area contributed by atoms with Crippen LogP contribution in [-0.2, 0) is 10.0 Å². The lowest BCUT2D eigenvalue weighted by molar-refractivity contribution is 0.597. The molecule has 0 fully saturated rings. The van der Waals surface area contributed by atoms with E-state index in [0.717, 1.165) is 22.2 Å². The quantitative estimate of drug-likeness (QED) is 0.407. The van der Waals surface area contributed by atoms with Gasteiger partial charge in [0, 0.05) is 28.2 Å². The zero-order valence-electron chi connectivity index (χ0n) is 15.7. The number of rotatable bonds is 4. The number of aromatic nitrogens is 1. The highest BCUT2D eigenvalue weighted by Crippen LogP contribution is 2.35. The predicted octanol–water partition coefficient (Wildman–Crippen LogP) is 2.67. The largest absolute Gasteiger partial charge is 0.361 e. The van der Waals surface area contributed by atoms with E-state index in [1.165, 1.54) is 6.07 Å². The van der Waals surface area contributed by atoms with Crippen LogP contribution in [0.4, 0.5) is 5.69 Å². The molecule has 0 saturated carbocycles. The van der Waals surface area contributed by atoms with Gasteiger partial charge < -0.3 is 4.98 Å². The number of hydrogen-bond acceptors (Lipinski definition) is 6. The fourth-order valence-corrected chi connectivity index (χ4v) is 4.43. The number of sulfonamides is 1. The normalized spacial score (nSPS) is 14.0. The summed E-state index contributed by atoms with van der Waals surface area (Å²) < 4.78 is 25.0. The van der Waals surface area contributed by atoms with Crippen LogP contribution in [0.1, 0.15) is 5.56 Å². The molecule has 0 amide bonds. The van der Waals surface area contributed by atoms with Crippen molar-refractivity contribution in [3.8, 4) is 11.1 Å². The van der Waals surface area contributed by atoms with Crippen LogP contribution in [0, 0.1) is 0 Å². The summed E-state index contributed by atoms with van der Waals surface area (Å²) in [7, 11) is -4.02. The molecular weight excluding hydrogens is 400 g/mol. The number of aromatic amines is 1. The molecule has 0 aliphatic carbocycles. The number of nitrogens with zero attached hydrogens (tertiary/aromatic N) is 2. The molecule has 0 unspecified atom stereocenters. The molecule has 9 heteroatoms. The Kier molecular flexibility index (Phi) is 4.28. The van der Waals surface area contributed by atoms with E-state index in [4.69, 9.17) is 5.14 Å². The van der Waals surface area contributed by atoms with E-state index in [2.05, 4.69) is 21.2 Å². The number of H-pyrrole nitrogens is 1.